The zero-order valence-corrected chi connectivity index (χ0v) is 82.1. The number of nitrogens with zero attached hydrogens (tertiary/aromatic N) is 12. The normalized spacial score (nSPS) is 11.4. The van der Waals surface area contributed by atoms with E-state index >= 15 is 0 Å². The van der Waals surface area contributed by atoms with Gasteiger partial charge in [0.1, 0.15) is 34.3 Å². The van der Waals surface area contributed by atoms with Gasteiger partial charge in [0.15, 0.2) is 0 Å². The van der Waals surface area contributed by atoms with Crippen molar-refractivity contribution in [1.29, 1.82) is 0 Å². The van der Waals surface area contributed by atoms with E-state index in [9.17, 15) is 15.3 Å². The second kappa shape index (κ2) is 40.0. The topological polar surface area (TPSA) is 168 Å². The van der Waals surface area contributed by atoms with Crippen LogP contribution >= 0.6 is 0 Å². The molecule has 0 aliphatic rings. The average Bonchev–Trinajstić information content (AvgIpc) is 1.56. The van der Waals surface area contributed by atoms with Crippen LogP contribution in [0.2, 0.25) is 0 Å². The van der Waals surface area contributed by atoms with Crippen LogP contribution in [0.4, 0.5) is 0 Å². The second-order valence-corrected chi connectivity index (χ2v) is 34.6. The number of imidazole rings is 3. The van der Waals surface area contributed by atoms with Crippen molar-refractivity contribution >= 4 is 22.1 Å². The number of aromatic nitrogens is 12. The van der Waals surface area contributed by atoms with Gasteiger partial charge in [-0.3, -0.25) is 15.0 Å². The number of phenols is 3. The molecule has 0 radical (unpaired) electrons. The van der Waals surface area contributed by atoms with E-state index in [-0.39, 0.29) is 80.4 Å². The van der Waals surface area contributed by atoms with E-state index < -0.39 is 0 Å². The first kappa shape index (κ1) is 93.5. The maximum absolute atomic E-state index is 10.5. The van der Waals surface area contributed by atoms with Gasteiger partial charge >= 0.3 is 0 Å². The Morgan fingerprint density at radius 2 is 0.609 bits per heavy atom. The minimum atomic E-state index is 0. The minimum absolute atomic E-state index is 0. The molecule has 6 heterocycles. The van der Waals surface area contributed by atoms with Crippen molar-refractivity contribution in [3.8, 4) is 130 Å². The molecule has 18 heteroatoms. The van der Waals surface area contributed by atoms with Gasteiger partial charge in [-0.05, 0) is 203 Å². The van der Waals surface area contributed by atoms with E-state index in [1.165, 1.54) is 67.1 Å². The molecule has 0 saturated heterocycles. The summed E-state index contributed by atoms with van der Waals surface area (Å²) in [6, 6.07) is 100. The van der Waals surface area contributed by atoms with E-state index in [1.807, 2.05) is 148 Å². The minimum Gasteiger partial charge on any atom is -0.506 e. The molecule has 18 rings (SSSR count). The number of hydrogen-bond acceptors (Lipinski definition) is 9. The molecule has 0 amide bonds. The van der Waals surface area contributed by atoms with E-state index in [0.29, 0.717) is 58.5 Å². The van der Waals surface area contributed by atoms with Crippen LogP contribution in [0.15, 0.2) is 279 Å². The van der Waals surface area contributed by atoms with E-state index in [0.717, 1.165) is 107 Å². The molecular weight excluding hydrogens is 2120 g/mol. The summed E-state index contributed by atoms with van der Waals surface area (Å²) in [5.41, 5.74) is 31.7. The van der Waals surface area contributed by atoms with Gasteiger partial charge in [-0.2, -0.15) is 0 Å². The van der Waals surface area contributed by atoms with Crippen LogP contribution in [0.25, 0.3) is 135 Å². The van der Waals surface area contributed by atoms with Gasteiger partial charge in [0.2, 0.25) is 0 Å². The van der Waals surface area contributed by atoms with Crippen LogP contribution in [0, 0.1) is 39.0 Å². The summed E-state index contributed by atoms with van der Waals surface area (Å²) in [6.07, 6.45) is 3.93. The number of hydrogen-bond donors (Lipinski definition) is 3. The predicted molar refractivity (Wildman–Crippen MR) is 509 cm³/mol. The molecular formula is C110H107N12O3Pt3-3. The van der Waals surface area contributed by atoms with E-state index in [4.69, 9.17) is 30.2 Å². The van der Waals surface area contributed by atoms with Crippen LogP contribution in [0.3, 0.4) is 0 Å². The summed E-state index contributed by atoms with van der Waals surface area (Å²) in [5, 5.41) is 45.8. The molecule has 0 saturated carbocycles. The van der Waals surface area contributed by atoms with Gasteiger partial charge < -0.3 is 29.0 Å². The molecule has 0 unspecified atom stereocenters. The fourth-order valence-electron chi connectivity index (χ4n) is 16.9. The number of aromatic hydroxyl groups is 3. The molecule has 0 fully saturated rings. The van der Waals surface area contributed by atoms with Crippen molar-refractivity contribution < 1.29 is 78.5 Å². The number of rotatable bonds is 20. The largest absolute Gasteiger partial charge is 0.506 e. The Hall–Kier alpha value is -12.1. The maximum atomic E-state index is 10.5. The molecule has 6 aromatic heterocycles. The Morgan fingerprint density at radius 3 is 0.977 bits per heavy atom. The van der Waals surface area contributed by atoms with Gasteiger partial charge in [-0.25, -0.2) is 29.3 Å². The number of para-hydroxylation sites is 11. The SMILES string of the molecule is Cc1cc(-c2[c-]c(-c3nc4ccccc4n3-c3c(C(C)C)cc(C(C)C)cc3C(C)C)ccc2)nn1-c1ccccc1O.Cc1cc(-c2[c-]c(-c3nc4ccccc4n3-c3c(C(C)C)cccc3C(C)C)ccc2)nn1-c1ccccc1O.Cc1cc(-c2[c-]c(-c3nccn3-c3c(C(C)C)cc(-c4ccccc4)cc3C(C)C)ccc2)nn1-c1ccccc1O.[Pt].[Pt].[Pt]. The number of phenolic OH excluding ortho intramolecular Hbond substituents is 3. The summed E-state index contributed by atoms with van der Waals surface area (Å²) < 4.78 is 12.2. The van der Waals surface area contributed by atoms with Gasteiger partial charge in [0.25, 0.3) is 0 Å². The van der Waals surface area contributed by atoms with Crippen molar-refractivity contribution in [1.82, 2.24) is 58.0 Å². The number of fused-ring (bicyclic) bond motifs is 2. The third-order valence-corrected chi connectivity index (χ3v) is 23.3. The zero-order chi connectivity index (χ0) is 87.8. The molecule has 0 atom stereocenters. The summed E-state index contributed by atoms with van der Waals surface area (Å²) in [5.74, 6) is 5.55. The van der Waals surface area contributed by atoms with E-state index in [1.54, 1.807) is 32.2 Å². The van der Waals surface area contributed by atoms with Crippen molar-refractivity contribution in [2.45, 2.75) is 159 Å². The molecule has 0 spiro atoms. The first-order valence-electron chi connectivity index (χ1n) is 43.5. The van der Waals surface area contributed by atoms with Crippen molar-refractivity contribution in [3.63, 3.8) is 0 Å². The Morgan fingerprint density at radius 1 is 0.289 bits per heavy atom. The van der Waals surface area contributed by atoms with E-state index in [2.05, 4.69) is 262 Å². The quantitative estimate of drug-likeness (QED) is 0.0629. The molecule has 15 nitrogen and oxygen atoms in total. The van der Waals surface area contributed by atoms with Gasteiger partial charge in [0, 0.05) is 127 Å². The van der Waals surface area contributed by atoms with Crippen molar-refractivity contribution in [3.05, 3.63) is 354 Å². The monoisotopic (exact) mass is 2230 g/mol. The van der Waals surface area contributed by atoms with Gasteiger partial charge in [-0.1, -0.05) is 252 Å². The fraction of sp³-hybridized carbons (Fsp3) is 0.218. The number of benzene rings is 12. The Labute approximate surface area is 795 Å². The van der Waals surface area contributed by atoms with Gasteiger partial charge in [-0.15, -0.1) is 72.8 Å². The van der Waals surface area contributed by atoms with Crippen molar-refractivity contribution in [2.75, 3.05) is 0 Å². The molecule has 0 aliphatic heterocycles. The molecule has 3 N–H and O–H groups in total. The molecule has 0 bridgehead atoms. The molecule has 658 valence electrons. The molecule has 18 aromatic rings. The Balaban J connectivity index is 0.000000162. The smallest absolute Gasteiger partial charge is 0.141 e. The van der Waals surface area contributed by atoms with Gasteiger partial charge in [0.05, 0.1) is 39.5 Å². The van der Waals surface area contributed by atoms with Crippen molar-refractivity contribution in [2.24, 2.45) is 0 Å². The second-order valence-electron chi connectivity index (χ2n) is 34.6. The first-order valence-corrected chi connectivity index (χ1v) is 43.5. The Kier molecular flexibility index (Phi) is 29.3. The third-order valence-electron chi connectivity index (χ3n) is 23.3. The zero-order valence-electron chi connectivity index (χ0n) is 75.3. The predicted octanol–water partition coefficient (Wildman–Crippen LogP) is 27.4. The summed E-state index contributed by atoms with van der Waals surface area (Å²) in [6.45, 7) is 37.6. The van der Waals surface area contributed by atoms with Crippen LogP contribution in [0.5, 0.6) is 17.2 Å². The average molecular weight is 2230 g/mol. The molecule has 0 aliphatic carbocycles. The van der Waals surface area contributed by atoms with Crippen LogP contribution < -0.4 is 0 Å². The molecule has 12 aromatic carbocycles. The Bertz CT molecular complexity index is 6890. The first-order chi connectivity index (χ1) is 60.3. The molecule has 128 heavy (non-hydrogen) atoms. The number of aryl methyl sites for hydroxylation is 3. The summed E-state index contributed by atoms with van der Waals surface area (Å²) in [7, 11) is 0. The summed E-state index contributed by atoms with van der Waals surface area (Å²) in [4.78, 5) is 15.2. The maximum Gasteiger partial charge on any atom is 0.141 e. The van der Waals surface area contributed by atoms with Crippen LogP contribution in [-0.4, -0.2) is 73.3 Å². The fourth-order valence-corrected chi connectivity index (χ4v) is 16.9. The standard InChI is InChI=1S/C38H39N4O.C37H35N4O.C35H33N4O.3Pt/c1-23(2)29-21-30(24(3)4)37(31(22-29)25(5)6)41-34-16-9-8-15-32(34)39-38(41)28-14-12-13-27(20-28)33-19-26(7)42(40-33)35-17-10-11-18-36(35)43;1-24(2)31-22-30(27-12-7-6-8-13-27)23-32(25(3)4)36(31)40-19-18-38-37(40)29-15-11-14-28(21-29)33-20-26(5)41(39-33)34-16-9-10-17-35(34)42;1-22(2)27-14-11-15-28(23(3)4)34(27)38-31-17-7-6-16-29(31)36-35(38)26-13-10-12-25(21-26)30-20-24(5)39(37-30)32-18-8-9-19-33(32)40;;;/h8-19,21-25,43H,1-7H3;6-20,22-25,42H,1-5H3;6-20,22-23,40H,1-5H3;;;/q3*-1;;;. The third kappa shape index (κ3) is 18.9. The van der Waals surface area contributed by atoms with Crippen LogP contribution in [-0.2, 0) is 63.2 Å². The summed E-state index contributed by atoms with van der Waals surface area (Å²) >= 11 is 0. The van der Waals surface area contributed by atoms with Crippen LogP contribution in [0.1, 0.15) is 194 Å².